The lowest BCUT2D eigenvalue weighted by atomic mass is 9.60. The van der Waals surface area contributed by atoms with E-state index in [0.29, 0.717) is 12.5 Å². The summed E-state index contributed by atoms with van der Waals surface area (Å²) in [6.07, 6.45) is 3.40. The molecule has 0 aromatic rings. The molecule has 1 saturated heterocycles. The van der Waals surface area contributed by atoms with Crippen molar-refractivity contribution in [2.75, 3.05) is 13.1 Å². The molecule has 0 spiro atoms. The number of piperidine rings is 1. The number of amides is 2. The van der Waals surface area contributed by atoms with Crippen LogP contribution in [0.5, 0.6) is 0 Å². The van der Waals surface area contributed by atoms with Gasteiger partial charge in [0, 0.05) is 25.0 Å². The van der Waals surface area contributed by atoms with Gasteiger partial charge < -0.3 is 16.4 Å². The van der Waals surface area contributed by atoms with E-state index in [4.69, 9.17) is 11.5 Å². The van der Waals surface area contributed by atoms with Crippen LogP contribution < -0.4 is 11.5 Å². The Kier molecular flexibility index (Phi) is 4.61. The van der Waals surface area contributed by atoms with Gasteiger partial charge in [-0.1, -0.05) is 20.8 Å². The molecule has 120 valence electrons. The van der Waals surface area contributed by atoms with Crippen molar-refractivity contribution < 1.29 is 9.59 Å². The summed E-state index contributed by atoms with van der Waals surface area (Å²) in [7, 11) is 0. The number of hydrogen-bond donors (Lipinski definition) is 2. The number of carbonyl (C=O) groups is 2. The van der Waals surface area contributed by atoms with Crippen molar-refractivity contribution in [2.45, 2.75) is 52.5 Å². The Bertz CT molecular complexity index is 422. The Morgan fingerprint density at radius 3 is 2.48 bits per heavy atom. The lowest BCUT2D eigenvalue weighted by molar-refractivity contribution is -0.146. The summed E-state index contributed by atoms with van der Waals surface area (Å²) < 4.78 is 0. The van der Waals surface area contributed by atoms with Gasteiger partial charge >= 0.3 is 0 Å². The molecule has 0 aromatic heterocycles. The van der Waals surface area contributed by atoms with Crippen LogP contribution >= 0.6 is 0 Å². The summed E-state index contributed by atoms with van der Waals surface area (Å²) in [6.45, 7) is 7.67. The highest BCUT2D eigenvalue weighted by Gasteiger charge is 2.46. The number of nitrogens with zero attached hydrogens (tertiary/aromatic N) is 1. The quantitative estimate of drug-likeness (QED) is 0.799. The molecule has 2 amide bonds. The predicted molar refractivity (Wildman–Crippen MR) is 82.1 cm³/mol. The minimum Gasteiger partial charge on any atom is -0.369 e. The van der Waals surface area contributed by atoms with E-state index in [0.717, 1.165) is 32.2 Å². The first kappa shape index (κ1) is 16.3. The van der Waals surface area contributed by atoms with Gasteiger partial charge in [-0.2, -0.15) is 0 Å². The molecule has 4 N–H and O–H groups in total. The zero-order chi connectivity index (χ0) is 15.8. The maximum absolute atomic E-state index is 12.9. The number of primary amides is 1. The van der Waals surface area contributed by atoms with Crippen molar-refractivity contribution in [3.63, 3.8) is 0 Å². The van der Waals surface area contributed by atoms with Gasteiger partial charge in [0.25, 0.3) is 0 Å². The van der Waals surface area contributed by atoms with Crippen molar-refractivity contribution in [3.05, 3.63) is 0 Å². The maximum atomic E-state index is 12.9. The predicted octanol–water partition coefficient (Wildman–Crippen LogP) is 1.11. The first-order valence-electron chi connectivity index (χ1n) is 8.08. The Balaban J connectivity index is 2.10. The summed E-state index contributed by atoms with van der Waals surface area (Å²) in [5.74, 6) is 0.0282. The van der Waals surface area contributed by atoms with Crippen LogP contribution in [-0.2, 0) is 9.59 Å². The Labute approximate surface area is 127 Å². The number of nitrogens with two attached hydrogens (primary N) is 2. The standard InChI is InChI=1S/C16H29N3O2/c1-10-13(17)7-6-12(16(10,2)3)15(21)19-8-4-5-11(9-19)14(18)20/h10-13H,4-9,17H2,1-3H3,(H2,18,20). The van der Waals surface area contributed by atoms with E-state index in [9.17, 15) is 9.59 Å². The van der Waals surface area contributed by atoms with Gasteiger partial charge in [-0.3, -0.25) is 9.59 Å². The third kappa shape index (κ3) is 3.07. The van der Waals surface area contributed by atoms with Crippen LogP contribution in [0, 0.1) is 23.2 Å². The Morgan fingerprint density at radius 1 is 1.19 bits per heavy atom. The SMILES string of the molecule is CC1C(N)CCC(C(=O)N2CCCC(C(N)=O)C2)C1(C)C. The molecule has 2 fully saturated rings. The van der Waals surface area contributed by atoms with E-state index in [-0.39, 0.29) is 35.1 Å². The minimum atomic E-state index is -0.286. The first-order valence-corrected chi connectivity index (χ1v) is 8.08. The second kappa shape index (κ2) is 5.95. The molecular formula is C16H29N3O2. The molecule has 5 nitrogen and oxygen atoms in total. The molecule has 0 radical (unpaired) electrons. The van der Waals surface area contributed by atoms with E-state index >= 15 is 0 Å². The molecule has 21 heavy (non-hydrogen) atoms. The van der Waals surface area contributed by atoms with Gasteiger partial charge in [0.05, 0.1) is 5.92 Å². The van der Waals surface area contributed by atoms with Gasteiger partial charge in [-0.25, -0.2) is 0 Å². The molecule has 1 aliphatic heterocycles. The second-order valence-corrected chi connectivity index (χ2v) is 7.43. The zero-order valence-electron chi connectivity index (χ0n) is 13.5. The number of hydrogen-bond acceptors (Lipinski definition) is 3. The third-order valence-electron chi connectivity index (χ3n) is 5.94. The highest BCUT2D eigenvalue weighted by Crippen LogP contribution is 2.45. The lowest BCUT2D eigenvalue weighted by Gasteiger charge is -2.48. The van der Waals surface area contributed by atoms with Gasteiger partial charge in [-0.05, 0) is 37.0 Å². The number of likely N-dealkylation sites (tertiary alicyclic amines) is 1. The van der Waals surface area contributed by atoms with Crippen LogP contribution in [0.25, 0.3) is 0 Å². The van der Waals surface area contributed by atoms with Crippen LogP contribution in [0.3, 0.4) is 0 Å². The van der Waals surface area contributed by atoms with Crippen LogP contribution in [0.4, 0.5) is 0 Å². The number of rotatable bonds is 2. The molecule has 2 aliphatic rings. The molecule has 4 unspecified atom stereocenters. The summed E-state index contributed by atoms with van der Waals surface area (Å²) in [5, 5.41) is 0. The maximum Gasteiger partial charge on any atom is 0.226 e. The fourth-order valence-electron chi connectivity index (χ4n) is 3.92. The van der Waals surface area contributed by atoms with Crippen molar-refractivity contribution in [1.29, 1.82) is 0 Å². The van der Waals surface area contributed by atoms with Crippen LogP contribution in [0.1, 0.15) is 46.5 Å². The van der Waals surface area contributed by atoms with Crippen molar-refractivity contribution in [1.82, 2.24) is 4.90 Å². The molecular weight excluding hydrogens is 266 g/mol. The Morgan fingerprint density at radius 2 is 1.86 bits per heavy atom. The fraction of sp³-hybridized carbons (Fsp3) is 0.875. The smallest absolute Gasteiger partial charge is 0.226 e. The van der Waals surface area contributed by atoms with Crippen molar-refractivity contribution >= 4 is 11.8 Å². The third-order valence-corrected chi connectivity index (χ3v) is 5.94. The minimum absolute atomic E-state index is 0.000994. The van der Waals surface area contributed by atoms with Crippen LogP contribution in [0.15, 0.2) is 0 Å². The molecule has 0 bridgehead atoms. The second-order valence-electron chi connectivity index (χ2n) is 7.43. The fourth-order valence-corrected chi connectivity index (χ4v) is 3.92. The molecule has 1 aliphatic carbocycles. The average molecular weight is 295 g/mol. The molecule has 5 heteroatoms. The topological polar surface area (TPSA) is 89.4 Å². The zero-order valence-corrected chi connectivity index (χ0v) is 13.5. The lowest BCUT2D eigenvalue weighted by Crippen LogP contribution is -2.54. The normalized spacial score (nSPS) is 36.3. The average Bonchev–Trinajstić information content (AvgIpc) is 2.44. The van der Waals surface area contributed by atoms with Crippen LogP contribution in [-0.4, -0.2) is 35.8 Å². The van der Waals surface area contributed by atoms with Crippen molar-refractivity contribution in [2.24, 2.45) is 34.6 Å². The number of carbonyl (C=O) groups excluding carboxylic acids is 2. The molecule has 2 rings (SSSR count). The van der Waals surface area contributed by atoms with Gasteiger partial charge in [0.2, 0.25) is 11.8 Å². The van der Waals surface area contributed by atoms with Gasteiger partial charge in [0.1, 0.15) is 0 Å². The highest BCUT2D eigenvalue weighted by molar-refractivity contribution is 5.82. The van der Waals surface area contributed by atoms with E-state index in [1.54, 1.807) is 0 Å². The van der Waals surface area contributed by atoms with E-state index in [2.05, 4.69) is 20.8 Å². The van der Waals surface area contributed by atoms with E-state index in [1.165, 1.54) is 0 Å². The van der Waals surface area contributed by atoms with E-state index in [1.807, 2.05) is 4.90 Å². The molecule has 1 saturated carbocycles. The summed E-state index contributed by atoms with van der Waals surface area (Å²) in [6, 6.07) is 0.170. The van der Waals surface area contributed by atoms with Crippen molar-refractivity contribution in [3.8, 4) is 0 Å². The van der Waals surface area contributed by atoms with E-state index < -0.39 is 0 Å². The monoisotopic (exact) mass is 295 g/mol. The molecule has 1 heterocycles. The highest BCUT2D eigenvalue weighted by atomic mass is 16.2. The molecule has 4 atom stereocenters. The van der Waals surface area contributed by atoms with Crippen LogP contribution in [0.2, 0.25) is 0 Å². The largest absolute Gasteiger partial charge is 0.369 e. The van der Waals surface area contributed by atoms with Gasteiger partial charge in [-0.15, -0.1) is 0 Å². The summed E-state index contributed by atoms with van der Waals surface area (Å²) in [4.78, 5) is 26.2. The molecule has 0 aromatic carbocycles. The summed E-state index contributed by atoms with van der Waals surface area (Å²) >= 11 is 0. The summed E-state index contributed by atoms with van der Waals surface area (Å²) in [5.41, 5.74) is 11.5. The Hall–Kier alpha value is -1.10. The van der Waals surface area contributed by atoms with Gasteiger partial charge in [0.15, 0.2) is 0 Å². The first-order chi connectivity index (χ1) is 9.75.